The number of amides is 2. The molecule has 1 unspecified atom stereocenters. The third-order valence-electron chi connectivity index (χ3n) is 5.71. The predicted octanol–water partition coefficient (Wildman–Crippen LogP) is 4.14. The van der Waals surface area contributed by atoms with Gasteiger partial charge in [-0.15, -0.1) is 0 Å². The van der Waals surface area contributed by atoms with E-state index in [2.05, 4.69) is 0 Å². The van der Waals surface area contributed by atoms with Gasteiger partial charge in [0.2, 0.25) is 11.8 Å². The molecule has 2 amide bonds. The Morgan fingerprint density at radius 1 is 1.10 bits per heavy atom. The van der Waals surface area contributed by atoms with Crippen molar-refractivity contribution in [2.24, 2.45) is 0 Å². The zero-order valence-corrected chi connectivity index (χ0v) is 18.3. The monoisotopic (exact) mass is 459 g/mol. The minimum absolute atomic E-state index is 0.0661. The first-order valence-electron chi connectivity index (χ1n) is 10.00. The van der Waals surface area contributed by atoms with Gasteiger partial charge in [-0.05, 0) is 30.7 Å². The van der Waals surface area contributed by atoms with Crippen LogP contribution in [0.15, 0.2) is 24.3 Å². The van der Waals surface area contributed by atoms with Crippen LogP contribution in [0.25, 0.3) is 6.08 Å². The molecule has 0 spiro atoms. The predicted molar refractivity (Wildman–Crippen MR) is 114 cm³/mol. The Bertz CT molecular complexity index is 824. The molecule has 1 aromatic rings. The summed E-state index contributed by atoms with van der Waals surface area (Å²) in [5, 5.41) is 0.851. The van der Waals surface area contributed by atoms with Crippen molar-refractivity contribution >= 4 is 41.1 Å². The van der Waals surface area contributed by atoms with Crippen molar-refractivity contribution in [2.75, 3.05) is 32.7 Å². The van der Waals surface area contributed by atoms with Gasteiger partial charge in [0.1, 0.15) is 0 Å². The molecule has 0 saturated carbocycles. The normalized spacial score (nSPS) is 21.7. The van der Waals surface area contributed by atoms with E-state index in [0.717, 1.165) is 5.56 Å². The van der Waals surface area contributed by atoms with Crippen molar-refractivity contribution in [3.8, 4) is 0 Å². The van der Waals surface area contributed by atoms with Crippen LogP contribution in [0.4, 0.5) is 8.78 Å². The molecule has 1 aromatic carbocycles. The number of carbonyl (C=O) groups excluding carboxylic acids is 2. The fourth-order valence-electron chi connectivity index (χ4n) is 3.77. The Labute approximate surface area is 185 Å². The van der Waals surface area contributed by atoms with Crippen LogP contribution in [0.2, 0.25) is 10.0 Å². The molecule has 30 heavy (non-hydrogen) atoms. The van der Waals surface area contributed by atoms with E-state index in [1.807, 2.05) is 11.8 Å². The summed E-state index contributed by atoms with van der Waals surface area (Å²) in [4.78, 5) is 30.4. The summed E-state index contributed by atoms with van der Waals surface area (Å²) in [7, 11) is 0. The van der Waals surface area contributed by atoms with Crippen molar-refractivity contribution in [1.29, 1.82) is 0 Å². The number of hydrogen-bond acceptors (Lipinski definition) is 3. The minimum atomic E-state index is -2.62. The number of rotatable bonds is 4. The van der Waals surface area contributed by atoms with Crippen LogP contribution in [0.5, 0.6) is 0 Å². The van der Waals surface area contributed by atoms with Gasteiger partial charge in [0.15, 0.2) is 0 Å². The molecule has 0 aliphatic carbocycles. The average molecular weight is 460 g/mol. The molecule has 2 heterocycles. The maximum Gasteiger partial charge on any atom is 0.250 e. The Hall–Kier alpha value is -1.70. The van der Waals surface area contributed by atoms with Crippen LogP contribution < -0.4 is 0 Å². The van der Waals surface area contributed by atoms with Crippen molar-refractivity contribution in [1.82, 2.24) is 14.7 Å². The van der Waals surface area contributed by atoms with Crippen LogP contribution in [0, 0.1) is 0 Å². The van der Waals surface area contributed by atoms with E-state index < -0.39 is 5.92 Å². The molecule has 2 aliphatic rings. The first-order valence-corrected chi connectivity index (χ1v) is 10.8. The van der Waals surface area contributed by atoms with Crippen molar-refractivity contribution in [2.45, 2.75) is 38.3 Å². The van der Waals surface area contributed by atoms with E-state index in [1.165, 1.54) is 6.08 Å². The van der Waals surface area contributed by atoms with Crippen LogP contribution in [0.1, 0.15) is 31.7 Å². The SMILES string of the molecule is CC(N1CCC(F)(F)CC1)N1CCN(C(=O)/C=C/c2ccc(Cl)c(Cl)c2)CCC1=O. The molecular formula is C21H25Cl2F2N3O2. The van der Waals surface area contributed by atoms with Gasteiger partial charge >= 0.3 is 0 Å². The van der Waals surface area contributed by atoms with Crippen LogP contribution in [-0.4, -0.2) is 71.3 Å². The molecule has 9 heteroatoms. The van der Waals surface area contributed by atoms with Crippen LogP contribution in [0.3, 0.4) is 0 Å². The van der Waals surface area contributed by atoms with Crippen molar-refractivity contribution < 1.29 is 18.4 Å². The number of piperidine rings is 1. The highest BCUT2D eigenvalue weighted by Gasteiger charge is 2.37. The van der Waals surface area contributed by atoms with E-state index in [0.29, 0.717) is 29.7 Å². The van der Waals surface area contributed by atoms with Gasteiger partial charge in [0.25, 0.3) is 5.92 Å². The van der Waals surface area contributed by atoms with Gasteiger partial charge in [-0.25, -0.2) is 8.78 Å². The molecule has 1 atom stereocenters. The topological polar surface area (TPSA) is 43.9 Å². The number of halogens is 4. The second-order valence-corrected chi connectivity index (χ2v) is 8.51. The van der Waals surface area contributed by atoms with Gasteiger partial charge in [-0.2, -0.15) is 0 Å². The third-order valence-corrected chi connectivity index (χ3v) is 6.45. The third kappa shape index (κ3) is 5.71. The van der Waals surface area contributed by atoms with Crippen LogP contribution in [-0.2, 0) is 9.59 Å². The number of benzene rings is 1. The fraction of sp³-hybridized carbons (Fsp3) is 0.524. The largest absolute Gasteiger partial charge is 0.337 e. The second kappa shape index (κ2) is 9.62. The standard InChI is InChI=1S/C21H25Cl2F2N3O2/c1-15(26-10-7-21(24,25)8-11-26)28-13-12-27(9-6-20(28)30)19(29)5-3-16-2-4-17(22)18(23)14-16/h2-5,14-15H,6-13H2,1H3/b5-3+. The van der Waals surface area contributed by atoms with Crippen molar-refractivity contribution in [3.63, 3.8) is 0 Å². The van der Waals surface area contributed by atoms with E-state index >= 15 is 0 Å². The Kier molecular flexibility index (Phi) is 7.37. The first kappa shape index (κ1) is 23.0. The lowest BCUT2D eigenvalue weighted by molar-refractivity contribution is -0.139. The summed E-state index contributed by atoms with van der Waals surface area (Å²) < 4.78 is 26.9. The van der Waals surface area contributed by atoms with E-state index in [4.69, 9.17) is 23.2 Å². The van der Waals surface area contributed by atoms with Gasteiger partial charge in [-0.1, -0.05) is 29.3 Å². The summed E-state index contributed by atoms with van der Waals surface area (Å²) in [6.07, 6.45) is 2.67. The fourth-order valence-corrected chi connectivity index (χ4v) is 4.07. The summed E-state index contributed by atoms with van der Waals surface area (Å²) in [6, 6.07) is 5.09. The molecule has 0 aromatic heterocycles. The Balaban J connectivity index is 1.58. The quantitative estimate of drug-likeness (QED) is 0.635. The second-order valence-electron chi connectivity index (χ2n) is 7.69. The van der Waals surface area contributed by atoms with E-state index in [1.54, 1.807) is 34.1 Å². The number of alkyl halides is 2. The number of likely N-dealkylation sites (tertiary alicyclic amines) is 1. The van der Waals surface area contributed by atoms with Crippen molar-refractivity contribution in [3.05, 3.63) is 39.9 Å². The van der Waals surface area contributed by atoms with Crippen LogP contribution >= 0.6 is 23.2 Å². The molecule has 3 rings (SSSR count). The number of nitrogens with zero attached hydrogens (tertiary/aromatic N) is 3. The van der Waals surface area contributed by atoms with Gasteiger partial charge in [0.05, 0.1) is 16.2 Å². The Morgan fingerprint density at radius 2 is 1.80 bits per heavy atom. The molecule has 2 fully saturated rings. The number of carbonyl (C=O) groups is 2. The average Bonchev–Trinajstić information content (AvgIpc) is 2.90. The lowest BCUT2D eigenvalue weighted by Crippen LogP contribution is -2.53. The lowest BCUT2D eigenvalue weighted by Gasteiger charge is -2.40. The molecule has 0 N–H and O–H groups in total. The van der Waals surface area contributed by atoms with E-state index in [9.17, 15) is 18.4 Å². The molecular weight excluding hydrogens is 435 g/mol. The maximum atomic E-state index is 13.4. The molecule has 164 valence electrons. The molecule has 0 bridgehead atoms. The van der Waals surface area contributed by atoms with Gasteiger partial charge < -0.3 is 9.80 Å². The summed E-state index contributed by atoms with van der Waals surface area (Å²) in [6.45, 7) is 3.47. The zero-order chi connectivity index (χ0) is 21.9. The smallest absolute Gasteiger partial charge is 0.250 e. The highest BCUT2D eigenvalue weighted by molar-refractivity contribution is 6.42. The highest BCUT2D eigenvalue weighted by Crippen LogP contribution is 2.29. The number of hydrogen-bond donors (Lipinski definition) is 0. The van der Waals surface area contributed by atoms with Gasteiger partial charge in [0, 0.05) is 58.1 Å². The zero-order valence-electron chi connectivity index (χ0n) is 16.8. The summed E-state index contributed by atoms with van der Waals surface area (Å²) in [5.41, 5.74) is 0.751. The first-order chi connectivity index (χ1) is 14.2. The highest BCUT2D eigenvalue weighted by atomic mass is 35.5. The summed E-state index contributed by atoms with van der Waals surface area (Å²) >= 11 is 11.9. The maximum absolute atomic E-state index is 13.4. The lowest BCUT2D eigenvalue weighted by atomic mass is 10.1. The molecule has 0 radical (unpaired) electrons. The van der Waals surface area contributed by atoms with Gasteiger partial charge in [-0.3, -0.25) is 14.5 Å². The summed E-state index contributed by atoms with van der Waals surface area (Å²) in [5.74, 6) is -2.88. The molecule has 5 nitrogen and oxygen atoms in total. The minimum Gasteiger partial charge on any atom is -0.337 e. The Morgan fingerprint density at radius 3 is 2.47 bits per heavy atom. The van der Waals surface area contributed by atoms with E-state index in [-0.39, 0.29) is 50.3 Å². The molecule has 2 saturated heterocycles. The molecule has 2 aliphatic heterocycles.